The van der Waals surface area contributed by atoms with Crippen LogP contribution in [0.5, 0.6) is 0 Å². The normalized spacial score (nSPS) is 12.0. The summed E-state index contributed by atoms with van der Waals surface area (Å²) < 4.78 is -1.82. The van der Waals surface area contributed by atoms with Crippen LogP contribution in [0.1, 0.15) is 0 Å². The summed E-state index contributed by atoms with van der Waals surface area (Å²) in [6, 6.07) is 17.6. The first-order chi connectivity index (χ1) is 11.8. The van der Waals surface area contributed by atoms with Crippen LogP contribution in [0, 0.1) is 0 Å². The Balaban J connectivity index is 1.96. The number of nitrogens with one attached hydrogen (secondary N) is 4. The van der Waals surface area contributed by atoms with E-state index in [1.165, 1.54) is 0 Å². The van der Waals surface area contributed by atoms with Crippen molar-refractivity contribution in [2.45, 2.75) is 9.96 Å². The highest BCUT2D eigenvalue weighted by molar-refractivity contribution is 7.80. The van der Waals surface area contributed by atoms with Crippen molar-refractivity contribution in [2.24, 2.45) is 0 Å². The average Bonchev–Trinajstić information content (AvgIpc) is 2.55. The van der Waals surface area contributed by atoms with E-state index in [1.54, 1.807) is 24.3 Å². The van der Waals surface area contributed by atoms with Gasteiger partial charge in [0, 0.05) is 11.4 Å². The molecule has 132 valence electrons. The SMILES string of the molecule is O=C(Nc1ccccc1)NC(NC(=S)Nc1ccccc1)C(Cl)(Cl)Cl. The van der Waals surface area contributed by atoms with Gasteiger partial charge in [-0.2, -0.15) is 0 Å². The van der Waals surface area contributed by atoms with Gasteiger partial charge in [-0.1, -0.05) is 71.2 Å². The van der Waals surface area contributed by atoms with Crippen LogP contribution in [0.15, 0.2) is 60.7 Å². The maximum Gasteiger partial charge on any atom is 0.320 e. The van der Waals surface area contributed by atoms with Crippen molar-refractivity contribution in [3.8, 4) is 0 Å². The van der Waals surface area contributed by atoms with Crippen LogP contribution in [0.2, 0.25) is 0 Å². The highest BCUT2D eigenvalue weighted by Crippen LogP contribution is 2.29. The molecule has 2 aromatic rings. The minimum absolute atomic E-state index is 0.197. The second-order valence-electron chi connectivity index (χ2n) is 4.90. The summed E-state index contributed by atoms with van der Waals surface area (Å²) in [5, 5.41) is 11.1. The summed E-state index contributed by atoms with van der Waals surface area (Å²) >= 11 is 23.0. The number of halogens is 3. The van der Waals surface area contributed by atoms with Crippen molar-refractivity contribution in [2.75, 3.05) is 10.6 Å². The predicted octanol–water partition coefficient (Wildman–Crippen LogP) is 4.49. The zero-order valence-electron chi connectivity index (χ0n) is 12.8. The van der Waals surface area contributed by atoms with Gasteiger partial charge in [-0.25, -0.2) is 4.79 Å². The third-order valence-electron chi connectivity index (χ3n) is 2.94. The Hall–Kier alpha value is -1.73. The van der Waals surface area contributed by atoms with Crippen molar-refractivity contribution in [3.05, 3.63) is 60.7 Å². The van der Waals surface area contributed by atoms with Crippen LogP contribution in [0.4, 0.5) is 16.2 Å². The number of thiocarbonyl (C=S) groups is 1. The van der Waals surface area contributed by atoms with E-state index in [-0.39, 0.29) is 5.11 Å². The van der Waals surface area contributed by atoms with Crippen LogP contribution < -0.4 is 21.3 Å². The molecule has 0 aliphatic rings. The number of hydrogen-bond donors (Lipinski definition) is 4. The molecule has 1 unspecified atom stereocenters. The number of carbonyl (C=O) groups is 1. The molecule has 0 heterocycles. The fourth-order valence-electron chi connectivity index (χ4n) is 1.84. The molecule has 2 rings (SSSR count). The summed E-state index contributed by atoms with van der Waals surface area (Å²) in [5.41, 5.74) is 1.37. The number of urea groups is 1. The maximum absolute atomic E-state index is 12.1. The smallest absolute Gasteiger partial charge is 0.320 e. The van der Waals surface area contributed by atoms with Gasteiger partial charge in [0.2, 0.25) is 3.79 Å². The lowest BCUT2D eigenvalue weighted by atomic mass is 10.3. The van der Waals surface area contributed by atoms with Crippen LogP contribution in [0.3, 0.4) is 0 Å². The van der Waals surface area contributed by atoms with Gasteiger partial charge < -0.3 is 21.3 Å². The van der Waals surface area contributed by atoms with E-state index < -0.39 is 16.0 Å². The van der Waals surface area contributed by atoms with Crippen molar-refractivity contribution >= 4 is 69.5 Å². The Bertz CT molecular complexity index is 655. The van der Waals surface area contributed by atoms with E-state index in [1.807, 2.05) is 36.4 Å². The number of alkyl halides is 3. The molecule has 0 saturated heterocycles. The summed E-state index contributed by atoms with van der Waals surface area (Å²) in [4.78, 5) is 12.1. The lowest BCUT2D eigenvalue weighted by molar-refractivity contribution is 0.247. The van der Waals surface area contributed by atoms with E-state index in [0.29, 0.717) is 5.69 Å². The van der Waals surface area contributed by atoms with Crippen LogP contribution >= 0.6 is 47.0 Å². The van der Waals surface area contributed by atoms with Gasteiger partial charge in [0.05, 0.1) is 0 Å². The first kappa shape index (κ1) is 19.6. The number of anilines is 2. The zero-order chi connectivity index (χ0) is 18.3. The number of benzene rings is 2. The lowest BCUT2D eigenvalue weighted by Gasteiger charge is -2.27. The topological polar surface area (TPSA) is 65.2 Å². The summed E-state index contributed by atoms with van der Waals surface area (Å²) in [6.07, 6.45) is -1.05. The van der Waals surface area contributed by atoms with Crippen LogP contribution in [-0.2, 0) is 0 Å². The maximum atomic E-state index is 12.1. The van der Waals surface area contributed by atoms with Gasteiger partial charge in [-0.05, 0) is 36.5 Å². The standard InChI is InChI=1S/C16H15Cl3N4OS/c17-16(18,19)13(22-14(24)20-11-7-3-1-4-8-11)23-15(25)21-12-9-5-2-6-10-12/h1-10,13H,(H2,20,22,24)(H2,21,23,25). The zero-order valence-corrected chi connectivity index (χ0v) is 15.9. The molecule has 25 heavy (non-hydrogen) atoms. The quantitative estimate of drug-likeness (QED) is 0.336. The second kappa shape index (κ2) is 9.10. The summed E-state index contributed by atoms with van der Waals surface area (Å²) in [5.74, 6) is 0. The van der Waals surface area contributed by atoms with Gasteiger partial charge in [0.25, 0.3) is 0 Å². The molecule has 2 aromatic carbocycles. The molecule has 9 heteroatoms. The predicted molar refractivity (Wildman–Crippen MR) is 108 cm³/mol. The molecule has 0 saturated carbocycles. The third kappa shape index (κ3) is 6.96. The lowest BCUT2D eigenvalue weighted by Crippen LogP contribution is -2.57. The van der Waals surface area contributed by atoms with Gasteiger partial charge >= 0.3 is 6.03 Å². The van der Waals surface area contributed by atoms with Gasteiger partial charge in [-0.3, -0.25) is 0 Å². The number of rotatable bonds is 4. The van der Waals surface area contributed by atoms with Crippen LogP contribution in [-0.4, -0.2) is 21.1 Å². The molecule has 5 nitrogen and oxygen atoms in total. The minimum atomic E-state index is -1.82. The first-order valence-electron chi connectivity index (χ1n) is 7.16. The molecule has 0 aromatic heterocycles. The minimum Gasteiger partial charge on any atom is -0.339 e. The van der Waals surface area contributed by atoms with Gasteiger partial charge in [0.15, 0.2) is 11.3 Å². The molecule has 0 radical (unpaired) electrons. The van der Waals surface area contributed by atoms with Crippen molar-refractivity contribution in [1.29, 1.82) is 0 Å². The molecular formula is C16H15Cl3N4OS. The second-order valence-corrected chi connectivity index (χ2v) is 7.68. The molecule has 0 aliphatic heterocycles. The van der Waals surface area contributed by atoms with Gasteiger partial charge in [0.1, 0.15) is 0 Å². The number of amides is 2. The Morgan fingerprint density at radius 1 is 0.840 bits per heavy atom. The van der Waals surface area contributed by atoms with E-state index in [9.17, 15) is 4.79 Å². The third-order valence-corrected chi connectivity index (χ3v) is 3.82. The largest absolute Gasteiger partial charge is 0.339 e. The van der Waals surface area contributed by atoms with Crippen molar-refractivity contribution in [3.63, 3.8) is 0 Å². The first-order valence-corrected chi connectivity index (χ1v) is 8.70. The van der Waals surface area contributed by atoms with E-state index in [4.69, 9.17) is 47.0 Å². The summed E-state index contributed by atoms with van der Waals surface area (Å²) in [6.45, 7) is 0. The van der Waals surface area contributed by atoms with E-state index in [2.05, 4.69) is 21.3 Å². The number of para-hydroxylation sites is 2. The highest BCUT2D eigenvalue weighted by Gasteiger charge is 2.34. The van der Waals surface area contributed by atoms with Crippen molar-refractivity contribution < 1.29 is 4.79 Å². The van der Waals surface area contributed by atoms with Gasteiger partial charge in [-0.15, -0.1) is 0 Å². The number of hydrogen-bond acceptors (Lipinski definition) is 2. The Kier molecular flexibility index (Phi) is 7.13. The molecule has 0 spiro atoms. The molecule has 1 atom stereocenters. The Labute approximate surface area is 166 Å². The van der Waals surface area contributed by atoms with E-state index in [0.717, 1.165) is 5.69 Å². The molecule has 4 N–H and O–H groups in total. The fraction of sp³-hybridized carbons (Fsp3) is 0.125. The summed E-state index contributed by atoms with van der Waals surface area (Å²) in [7, 11) is 0. The molecule has 0 fully saturated rings. The molecule has 2 amide bonds. The Morgan fingerprint density at radius 3 is 1.80 bits per heavy atom. The molecule has 0 aliphatic carbocycles. The monoisotopic (exact) mass is 416 g/mol. The highest BCUT2D eigenvalue weighted by atomic mass is 35.6. The average molecular weight is 418 g/mol. The fourth-order valence-corrected chi connectivity index (χ4v) is 2.40. The molecule has 0 bridgehead atoms. The van der Waals surface area contributed by atoms with Crippen molar-refractivity contribution in [1.82, 2.24) is 10.6 Å². The number of carbonyl (C=O) groups excluding carboxylic acids is 1. The van der Waals surface area contributed by atoms with E-state index >= 15 is 0 Å². The molecular weight excluding hydrogens is 403 g/mol. The Morgan fingerprint density at radius 2 is 1.32 bits per heavy atom. The van der Waals surface area contributed by atoms with Crippen LogP contribution in [0.25, 0.3) is 0 Å².